The number of hydrogen-bond acceptors (Lipinski definition) is 4. The quantitative estimate of drug-likeness (QED) is 0.727. The zero-order valence-corrected chi connectivity index (χ0v) is 11.5. The lowest BCUT2D eigenvalue weighted by Crippen LogP contribution is -2.29. The van der Waals surface area contributed by atoms with Gasteiger partial charge in [-0.25, -0.2) is 0 Å². The van der Waals surface area contributed by atoms with E-state index in [-0.39, 0.29) is 12.8 Å². The maximum absolute atomic E-state index is 10.5. The second-order valence-corrected chi connectivity index (χ2v) is 4.72. The molecule has 0 saturated carbocycles. The van der Waals surface area contributed by atoms with Crippen LogP contribution in [-0.2, 0) is 4.79 Å². The van der Waals surface area contributed by atoms with Crippen LogP contribution in [0, 0.1) is 13.8 Å². The average Bonchev–Trinajstić information content (AvgIpc) is 2.37. The van der Waals surface area contributed by atoms with Gasteiger partial charge >= 0.3 is 5.97 Å². The summed E-state index contributed by atoms with van der Waals surface area (Å²) >= 11 is 0. The van der Waals surface area contributed by atoms with Crippen molar-refractivity contribution in [2.75, 3.05) is 7.11 Å². The second kappa shape index (κ2) is 6.54. The molecule has 0 amide bonds. The Hall–Kier alpha value is -1.59. The van der Waals surface area contributed by atoms with E-state index in [2.05, 4.69) is 0 Å². The molecule has 4 N–H and O–H groups in total. The van der Waals surface area contributed by atoms with Gasteiger partial charge in [0.05, 0.1) is 13.2 Å². The highest BCUT2D eigenvalue weighted by atomic mass is 16.5. The molecule has 1 aromatic carbocycles. The first-order valence-corrected chi connectivity index (χ1v) is 6.17. The first kappa shape index (κ1) is 15.5. The van der Waals surface area contributed by atoms with Crippen molar-refractivity contribution in [3.05, 3.63) is 28.8 Å². The van der Waals surface area contributed by atoms with E-state index in [1.54, 1.807) is 7.11 Å². The fraction of sp³-hybridized carbons (Fsp3) is 0.500. The van der Waals surface area contributed by atoms with Crippen LogP contribution >= 0.6 is 0 Å². The van der Waals surface area contributed by atoms with E-state index >= 15 is 0 Å². The third kappa shape index (κ3) is 3.94. The highest BCUT2D eigenvalue weighted by Gasteiger charge is 2.20. The number of aliphatic hydroxyl groups is 1. The van der Waals surface area contributed by atoms with E-state index in [1.807, 2.05) is 26.0 Å². The van der Waals surface area contributed by atoms with Crippen LogP contribution in [0.5, 0.6) is 5.75 Å². The predicted octanol–water partition coefficient (Wildman–Crippen LogP) is 1.54. The normalized spacial score (nSPS) is 13.9. The SMILES string of the molecule is COc1cc(C)c(C(O)C(N)CCC(=O)O)cc1C. The molecular weight excluding hydrogens is 246 g/mol. The molecular formula is C14H21NO4. The Labute approximate surface area is 113 Å². The molecule has 0 spiro atoms. The zero-order chi connectivity index (χ0) is 14.6. The molecule has 0 aliphatic heterocycles. The fourth-order valence-corrected chi connectivity index (χ4v) is 2.03. The standard InChI is InChI=1S/C14H21NO4/c1-8-7-12(19-3)9(2)6-10(8)14(18)11(15)4-5-13(16)17/h6-7,11,14,18H,4-5,15H2,1-3H3,(H,16,17). The van der Waals surface area contributed by atoms with Crippen molar-refractivity contribution in [2.45, 2.75) is 38.8 Å². The maximum Gasteiger partial charge on any atom is 0.303 e. The van der Waals surface area contributed by atoms with Gasteiger partial charge in [0.25, 0.3) is 0 Å². The number of nitrogens with two attached hydrogens (primary N) is 1. The molecule has 1 aromatic rings. The van der Waals surface area contributed by atoms with Crippen LogP contribution in [0.3, 0.4) is 0 Å². The van der Waals surface area contributed by atoms with Crippen molar-refractivity contribution < 1.29 is 19.7 Å². The summed E-state index contributed by atoms with van der Waals surface area (Å²) in [6.07, 6.45) is -0.683. The van der Waals surface area contributed by atoms with Crippen LogP contribution in [0.25, 0.3) is 0 Å². The molecule has 19 heavy (non-hydrogen) atoms. The summed E-state index contributed by atoms with van der Waals surface area (Å²) in [5.41, 5.74) is 8.35. The largest absolute Gasteiger partial charge is 0.496 e. The molecule has 0 fully saturated rings. The van der Waals surface area contributed by atoms with E-state index in [4.69, 9.17) is 15.6 Å². The third-order valence-electron chi connectivity index (χ3n) is 3.20. The molecule has 106 valence electrons. The molecule has 0 bridgehead atoms. The minimum atomic E-state index is -0.912. The van der Waals surface area contributed by atoms with E-state index in [9.17, 15) is 9.90 Å². The van der Waals surface area contributed by atoms with Crippen molar-refractivity contribution in [1.29, 1.82) is 0 Å². The lowest BCUT2D eigenvalue weighted by Gasteiger charge is -2.21. The zero-order valence-electron chi connectivity index (χ0n) is 11.5. The number of carboxylic acid groups (broad SMARTS) is 1. The van der Waals surface area contributed by atoms with Crippen molar-refractivity contribution >= 4 is 5.97 Å². The molecule has 0 heterocycles. The number of ether oxygens (including phenoxy) is 1. The van der Waals surface area contributed by atoms with Crippen molar-refractivity contribution in [3.8, 4) is 5.75 Å². The molecule has 0 aliphatic rings. The van der Waals surface area contributed by atoms with Crippen LogP contribution < -0.4 is 10.5 Å². The van der Waals surface area contributed by atoms with Gasteiger partial charge in [-0.05, 0) is 49.1 Å². The summed E-state index contributed by atoms with van der Waals surface area (Å²) in [6.45, 7) is 3.75. The van der Waals surface area contributed by atoms with Gasteiger partial charge in [0, 0.05) is 12.5 Å². The number of aliphatic hydroxyl groups excluding tert-OH is 1. The first-order chi connectivity index (χ1) is 8.86. The van der Waals surface area contributed by atoms with Gasteiger partial charge in [-0.15, -0.1) is 0 Å². The third-order valence-corrected chi connectivity index (χ3v) is 3.20. The number of carboxylic acids is 1. The molecule has 0 aliphatic carbocycles. The van der Waals surface area contributed by atoms with Crippen LogP contribution in [0.2, 0.25) is 0 Å². The van der Waals surface area contributed by atoms with Crippen LogP contribution in [0.4, 0.5) is 0 Å². The molecule has 0 saturated heterocycles. The second-order valence-electron chi connectivity index (χ2n) is 4.72. The lowest BCUT2D eigenvalue weighted by atomic mass is 9.94. The molecule has 5 heteroatoms. The summed E-state index contributed by atoms with van der Waals surface area (Å²) in [6, 6.07) is 3.08. The van der Waals surface area contributed by atoms with E-state index in [0.717, 1.165) is 22.4 Å². The summed E-state index contributed by atoms with van der Waals surface area (Å²) in [5, 5.41) is 18.8. The Morgan fingerprint density at radius 1 is 1.37 bits per heavy atom. The summed E-state index contributed by atoms with van der Waals surface area (Å²) in [5.74, 6) is -0.155. The van der Waals surface area contributed by atoms with E-state index in [0.29, 0.717) is 0 Å². The molecule has 1 rings (SSSR count). The Kier molecular flexibility index (Phi) is 5.32. The fourth-order valence-electron chi connectivity index (χ4n) is 2.03. The summed E-state index contributed by atoms with van der Waals surface area (Å²) in [7, 11) is 1.59. The van der Waals surface area contributed by atoms with Gasteiger partial charge in [-0.3, -0.25) is 4.79 Å². The Bertz CT molecular complexity index is 459. The average molecular weight is 267 g/mol. The smallest absolute Gasteiger partial charge is 0.303 e. The monoisotopic (exact) mass is 267 g/mol. The van der Waals surface area contributed by atoms with Gasteiger partial charge < -0.3 is 20.7 Å². The minimum Gasteiger partial charge on any atom is -0.496 e. The number of rotatable bonds is 6. The molecule has 0 aromatic heterocycles. The molecule has 0 radical (unpaired) electrons. The summed E-state index contributed by atoms with van der Waals surface area (Å²) in [4.78, 5) is 10.5. The Morgan fingerprint density at radius 2 is 2.00 bits per heavy atom. The van der Waals surface area contributed by atoms with Crippen LogP contribution in [0.15, 0.2) is 12.1 Å². The number of hydrogen-bond donors (Lipinski definition) is 3. The van der Waals surface area contributed by atoms with Gasteiger partial charge in [-0.1, -0.05) is 0 Å². The Morgan fingerprint density at radius 3 is 2.53 bits per heavy atom. The number of methoxy groups -OCH3 is 1. The molecule has 5 nitrogen and oxygen atoms in total. The van der Waals surface area contributed by atoms with Crippen molar-refractivity contribution in [1.82, 2.24) is 0 Å². The van der Waals surface area contributed by atoms with Crippen LogP contribution in [-0.4, -0.2) is 29.3 Å². The van der Waals surface area contributed by atoms with Crippen molar-refractivity contribution in [3.63, 3.8) is 0 Å². The highest BCUT2D eigenvalue weighted by Crippen LogP contribution is 2.28. The predicted molar refractivity (Wildman–Crippen MR) is 72.3 cm³/mol. The van der Waals surface area contributed by atoms with E-state index < -0.39 is 18.1 Å². The first-order valence-electron chi connectivity index (χ1n) is 6.17. The molecule has 2 unspecified atom stereocenters. The Balaban J connectivity index is 2.90. The van der Waals surface area contributed by atoms with Gasteiger partial charge in [0.15, 0.2) is 0 Å². The van der Waals surface area contributed by atoms with Crippen LogP contribution in [0.1, 0.15) is 35.6 Å². The number of aryl methyl sites for hydroxylation is 2. The van der Waals surface area contributed by atoms with Gasteiger partial charge in [-0.2, -0.15) is 0 Å². The van der Waals surface area contributed by atoms with Gasteiger partial charge in [0.1, 0.15) is 5.75 Å². The molecule has 2 atom stereocenters. The lowest BCUT2D eigenvalue weighted by molar-refractivity contribution is -0.137. The number of aliphatic carboxylic acids is 1. The minimum absolute atomic E-state index is 0.0492. The number of carbonyl (C=O) groups is 1. The summed E-state index contributed by atoms with van der Waals surface area (Å²) < 4.78 is 5.21. The topological polar surface area (TPSA) is 92.8 Å². The number of benzene rings is 1. The van der Waals surface area contributed by atoms with Crippen molar-refractivity contribution in [2.24, 2.45) is 5.73 Å². The van der Waals surface area contributed by atoms with Gasteiger partial charge in [0.2, 0.25) is 0 Å². The highest BCUT2D eigenvalue weighted by molar-refractivity contribution is 5.66. The maximum atomic E-state index is 10.5. The van der Waals surface area contributed by atoms with E-state index in [1.165, 1.54) is 0 Å².